The zero-order valence-electron chi connectivity index (χ0n) is 16.8. The van der Waals surface area contributed by atoms with Gasteiger partial charge in [0, 0.05) is 4.88 Å². The number of para-hydroxylation sites is 1. The zero-order chi connectivity index (χ0) is 21.3. The van der Waals surface area contributed by atoms with Gasteiger partial charge in [-0.2, -0.15) is 0 Å². The number of fused-ring (bicyclic) bond motifs is 1. The van der Waals surface area contributed by atoms with Gasteiger partial charge < -0.3 is 9.15 Å². The van der Waals surface area contributed by atoms with Gasteiger partial charge in [-0.3, -0.25) is 14.2 Å². The van der Waals surface area contributed by atoms with Gasteiger partial charge in [-0.15, -0.1) is 11.3 Å². The van der Waals surface area contributed by atoms with E-state index in [4.69, 9.17) is 14.1 Å². The van der Waals surface area contributed by atoms with Crippen molar-refractivity contribution in [2.45, 2.75) is 25.5 Å². The van der Waals surface area contributed by atoms with Crippen LogP contribution in [0.5, 0.6) is 5.75 Å². The lowest BCUT2D eigenvalue weighted by Crippen LogP contribution is -2.24. The first-order chi connectivity index (χ1) is 14.5. The average Bonchev–Trinajstić information content (AvgIpc) is 3.36. The molecule has 0 aliphatic heterocycles. The summed E-state index contributed by atoms with van der Waals surface area (Å²) in [4.78, 5) is 32.6. The largest absolute Gasteiger partial charge is 0.496 e. The van der Waals surface area contributed by atoms with E-state index in [2.05, 4.69) is 0 Å². The lowest BCUT2D eigenvalue weighted by Gasteiger charge is -2.11. The number of benzene rings is 1. The minimum absolute atomic E-state index is 0.0881. The van der Waals surface area contributed by atoms with E-state index in [1.54, 1.807) is 35.1 Å². The summed E-state index contributed by atoms with van der Waals surface area (Å²) in [7, 11) is 1.54. The van der Waals surface area contributed by atoms with Crippen molar-refractivity contribution in [2.75, 3.05) is 12.9 Å². The number of nitrogens with zero attached hydrogens (tertiary/aromatic N) is 2. The van der Waals surface area contributed by atoms with Gasteiger partial charge in [-0.25, -0.2) is 4.98 Å². The van der Waals surface area contributed by atoms with Crippen LogP contribution in [0, 0.1) is 13.8 Å². The van der Waals surface area contributed by atoms with Crippen LogP contribution in [0.15, 0.2) is 57.0 Å². The average molecular weight is 441 g/mol. The molecule has 4 rings (SSSR count). The van der Waals surface area contributed by atoms with Crippen LogP contribution in [0.1, 0.15) is 26.6 Å². The number of methoxy groups -OCH3 is 1. The third-order valence-corrected chi connectivity index (χ3v) is 6.97. The molecule has 0 saturated heterocycles. The molecule has 0 atom stereocenters. The molecule has 0 unspecified atom stereocenters. The standard InChI is InChI=1S/C22H20N2O4S2/c1-13-14(2)30-20-19(13)21(26)24(11-15-7-6-10-28-15)22(23-20)29-12-17(25)16-8-4-5-9-18(16)27-3/h4-10H,11-12H2,1-3H3. The maximum absolute atomic E-state index is 13.3. The second-order valence-electron chi connectivity index (χ2n) is 6.74. The Bertz CT molecular complexity index is 1270. The summed E-state index contributed by atoms with van der Waals surface area (Å²) in [6.45, 7) is 4.18. The number of ether oxygens (including phenoxy) is 1. The van der Waals surface area contributed by atoms with E-state index in [9.17, 15) is 9.59 Å². The molecular weight excluding hydrogens is 420 g/mol. The van der Waals surface area contributed by atoms with E-state index >= 15 is 0 Å². The molecule has 4 aromatic rings. The van der Waals surface area contributed by atoms with Crippen molar-refractivity contribution in [1.82, 2.24) is 9.55 Å². The van der Waals surface area contributed by atoms with Crippen LogP contribution in [0.2, 0.25) is 0 Å². The first kappa shape index (κ1) is 20.4. The fourth-order valence-electron chi connectivity index (χ4n) is 3.20. The second-order valence-corrected chi connectivity index (χ2v) is 8.89. The Morgan fingerprint density at radius 3 is 2.77 bits per heavy atom. The molecule has 0 aliphatic rings. The number of Topliss-reactive ketones (excluding diaryl/α,β-unsaturated/α-hetero) is 1. The van der Waals surface area contributed by atoms with Crippen molar-refractivity contribution in [3.8, 4) is 5.75 Å². The highest BCUT2D eigenvalue weighted by Crippen LogP contribution is 2.29. The monoisotopic (exact) mass is 440 g/mol. The predicted octanol–water partition coefficient (Wildman–Crippen LogP) is 4.70. The number of rotatable bonds is 7. The Balaban J connectivity index is 1.72. The van der Waals surface area contributed by atoms with E-state index in [1.807, 2.05) is 26.0 Å². The van der Waals surface area contributed by atoms with Gasteiger partial charge in [0.2, 0.25) is 0 Å². The summed E-state index contributed by atoms with van der Waals surface area (Å²) >= 11 is 2.74. The first-order valence-electron chi connectivity index (χ1n) is 9.31. The summed E-state index contributed by atoms with van der Waals surface area (Å²) in [6.07, 6.45) is 1.57. The molecule has 0 amide bonds. The number of aryl methyl sites for hydroxylation is 2. The molecule has 0 saturated carbocycles. The Labute approximate surface area is 181 Å². The zero-order valence-corrected chi connectivity index (χ0v) is 18.4. The predicted molar refractivity (Wildman–Crippen MR) is 119 cm³/mol. The van der Waals surface area contributed by atoms with Crippen molar-refractivity contribution in [2.24, 2.45) is 0 Å². The highest BCUT2D eigenvalue weighted by atomic mass is 32.2. The molecule has 0 bridgehead atoms. The van der Waals surface area contributed by atoms with Crippen molar-refractivity contribution >= 4 is 39.1 Å². The number of thiophene rings is 1. The van der Waals surface area contributed by atoms with Gasteiger partial charge in [0.1, 0.15) is 16.3 Å². The molecule has 8 heteroatoms. The molecule has 0 radical (unpaired) electrons. The van der Waals surface area contributed by atoms with Gasteiger partial charge >= 0.3 is 0 Å². The Hall–Kier alpha value is -2.84. The van der Waals surface area contributed by atoms with Crippen molar-refractivity contribution in [3.63, 3.8) is 0 Å². The summed E-state index contributed by atoms with van der Waals surface area (Å²) in [5, 5.41) is 1.12. The smallest absolute Gasteiger partial charge is 0.263 e. The van der Waals surface area contributed by atoms with Gasteiger partial charge in [0.05, 0.1) is 36.6 Å². The van der Waals surface area contributed by atoms with Crippen molar-refractivity contribution in [3.05, 3.63) is 74.8 Å². The fourth-order valence-corrected chi connectivity index (χ4v) is 5.15. The van der Waals surface area contributed by atoms with Gasteiger partial charge in [0.15, 0.2) is 10.9 Å². The third kappa shape index (κ3) is 3.80. The van der Waals surface area contributed by atoms with Crippen LogP contribution >= 0.6 is 23.1 Å². The lowest BCUT2D eigenvalue weighted by atomic mass is 10.1. The van der Waals surface area contributed by atoms with Crippen LogP contribution in [0.4, 0.5) is 0 Å². The van der Waals surface area contributed by atoms with E-state index in [0.717, 1.165) is 10.4 Å². The van der Waals surface area contributed by atoms with E-state index in [1.165, 1.54) is 30.2 Å². The number of aromatic nitrogens is 2. The summed E-state index contributed by atoms with van der Waals surface area (Å²) in [5.41, 5.74) is 1.34. The maximum atomic E-state index is 13.3. The molecule has 0 aliphatic carbocycles. The number of ketones is 1. The Morgan fingerprint density at radius 2 is 2.03 bits per heavy atom. The third-order valence-electron chi connectivity index (χ3n) is 4.89. The van der Waals surface area contributed by atoms with Crippen LogP contribution in [-0.4, -0.2) is 28.2 Å². The summed E-state index contributed by atoms with van der Waals surface area (Å²) in [6, 6.07) is 10.7. The number of thioether (sulfide) groups is 1. The number of hydrogen-bond acceptors (Lipinski definition) is 7. The number of carbonyl (C=O) groups excluding carboxylic acids is 1. The molecule has 6 nitrogen and oxygen atoms in total. The Kier molecular flexibility index (Phi) is 5.78. The highest BCUT2D eigenvalue weighted by molar-refractivity contribution is 7.99. The summed E-state index contributed by atoms with van der Waals surface area (Å²) < 4.78 is 12.3. The first-order valence-corrected chi connectivity index (χ1v) is 11.1. The number of furan rings is 1. The molecule has 1 aromatic carbocycles. The van der Waals surface area contributed by atoms with Gasteiger partial charge in [-0.05, 0) is 43.7 Å². The van der Waals surface area contributed by atoms with Gasteiger partial charge in [0.25, 0.3) is 5.56 Å². The van der Waals surface area contributed by atoms with Gasteiger partial charge in [-0.1, -0.05) is 23.9 Å². The molecular formula is C22H20N2O4S2. The maximum Gasteiger partial charge on any atom is 0.263 e. The quantitative estimate of drug-likeness (QED) is 0.236. The molecule has 30 heavy (non-hydrogen) atoms. The van der Waals surface area contributed by atoms with E-state index < -0.39 is 0 Å². The van der Waals surface area contributed by atoms with Crippen LogP contribution in [-0.2, 0) is 6.54 Å². The lowest BCUT2D eigenvalue weighted by molar-refractivity contribution is 0.101. The molecule has 3 aromatic heterocycles. The molecule has 0 spiro atoms. The molecule has 3 heterocycles. The van der Waals surface area contributed by atoms with Crippen LogP contribution in [0.3, 0.4) is 0 Å². The molecule has 0 fully saturated rings. The number of carbonyl (C=O) groups is 1. The van der Waals surface area contributed by atoms with E-state index in [0.29, 0.717) is 32.4 Å². The minimum Gasteiger partial charge on any atom is -0.496 e. The fraction of sp³-hybridized carbons (Fsp3) is 0.227. The summed E-state index contributed by atoms with van der Waals surface area (Å²) in [5.74, 6) is 1.24. The van der Waals surface area contributed by atoms with Crippen molar-refractivity contribution in [1.29, 1.82) is 0 Å². The highest BCUT2D eigenvalue weighted by Gasteiger charge is 2.19. The second kappa shape index (κ2) is 8.49. The van der Waals surface area contributed by atoms with Crippen LogP contribution < -0.4 is 10.3 Å². The van der Waals surface area contributed by atoms with Crippen molar-refractivity contribution < 1.29 is 13.9 Å². The number of hydrogen-bond donors (Lipinski definition) is 0. The minimum atomic E-state index is -0.120. The molecule has 0 N–H and O–H groups in total. The SMILES string of the molecule is COc1ccccc1C(=O)CSc1nc2sc(C)c(C)c2c(=O)n1Cc1ccco1. The molecule has 154 valence electrons. The van der Waals surface area contributed by atoms with E-state index in [-0.39, 0.29) is 23.6 Å². The Morgan fingerprint density at radius 1 is 1.23 bits per heavy atom. The normalized spacial score (nSPS) is 11.2. The topological polar surface area (TPSA) is 74.3 Å². The van der Waals surface area contributed by atoms with Crippen LogP contribution in [0.25, 0.3) is 10.2 Å².